The summed E-state index contributed by atoms with van der Waals surface area (Å²) in [6.07, 6.45) is 11.0. The molecule has 1 unspecified atom stereocenters. The van der Waals surface area contributed by atoms with E-state index in [1.807, 2.05) is 6.07 Å². The number of benzene rings is 3. The van der Waals surface area contributed by atoms with Gasteiger partial charge in [-0.05, 0) is 47.4 Å². The molecule has 0 radical (unpaired) electrons. The Hall–Kier alpha value is -3.85. The minimum atomic E-state index is -0.392. The molecule has 1 aliphatic rings. The van der Waals surface area contributed by atoms with Gasteiger partial charge in [0.15, 0.2) is 0 Å². The fourth-order valence-electron chi connectivity index (χ4n) is 4.53. The monoisotopic (exact) mass is 419 g/mol. The summed E-state index contributed by atoms with van der Waals surface area (Å²) < 4.78 is 7.53. The highest BCUT2D eigenvalue weighted by atomic mass is 16.5. The first-order valence-corrected chi connectivity index (χ1v) is 11.0. The second kappa shape index (κ2) is 8.72. The van der Waals surface area contributed by atoms with Gasteiger partial charge in [-0.3, -0.25) is 0 Å². The van der Waals surface area contributed by atoms with Crippen molar-refractivity contribution in [3.63, 3.8) is 0 Å². The van der Waals surface area contributed by atoms with Crippen molar-refractivity contribution >= 4 is 27.8 Å². The largest absolute Gasteiger partial charge is 0.461 e. The highest BCUT2D eigenvalue weighted by molar-refractivity contribution is 6.09. The Morgan fingerprint density at radius 1 is 0.969 bits per heavy atom. The van der Waals surface area contributed by atoms with Gasteiger partial charge >= 0.3 is 5.97 Å². The van der Waals surface area contributed by atoms with E-state index in [0.29, 0.717) is 19.1 Å². The van der Waals surface area contributed by atoms with Crippen molar-refractivity contribution in [2.75, 3.05) is 6.61 Å². The van der Waals surface area contributed by atoms with Crippen molar-refractivity contribution in [2.24, 2.45) is 0 Å². The SMILES string of the molecule is C=CC(=O)OCCn1c2ccc(-c3ccccc3)cc2c2cc(C3C=CC=CC3)ccc21. The number of aromatic nitrogens is 1. The summed E-state index contributed by atoms with van der Waals surface area (Å²) in [5.41, 5.74) is 6.01. The molecular formula is C29H25NO2. The third-order valence-electron chi connectivity index (χ3n) is 6.13. The summed E-state index contributed by atoms with van der Waals surface area (Å²) in [5, 5.41) is 2.45. The number of rotatable bonds is 6. The van der Waals surface area contributed by atoms with Crippen LogP contribution >= 0.6 is 0 Å². The molecule has 0 fully saturated rings. The van der Waals surface area contributed by atoms with Crippen LogP contribution in [0.5, 0.6) is 0 Å². The zero-order valence-electron chi connectivity index (χ0n) is 17.9. The summed E-state index contributed by atoms with van der Waals surface area (Å²) in [4.78, 5) is 11.5. The number of hydrogen-bond donors (Lipinski definition) is 0. The fraction of sp³-hybridized carbons (Fsp3) is 0.138. The molecule has 5 rings (SSSR count). The van der Waals surface area contributed by atoms with Crippen LogP contribution in [0.15, 0.2) is 104 Å². The molecule has 0 saturated carbocycles. The lowest BCUT2D eigenvalue weighted by molar-refractivity contribution is -0.137. The van der Waals surface area contributed by atoms with Gasteiger partial charge in [0, 0.05) is 33.8 Å². The topological polar surface area (TPSA) is 31.2 Å². The second-order valence-corrected chi connectivity index (χ2v) is 8.05. The van der Waals surface area contributed by atoms with Gasteiger partial charge in [0.1, 0.15) is 6.61 Å². The maximum absolute atomic E-state index is 11.5. The van der Waals surface area contributed by atoms with Gasteiger partial charge in [-0.25, -0.2) is 4.79 Å². The number of carbonyl (C=O) groups excluding carboxylic acids is 1. The minimum absolute atomic E-state index is 0.308. The van der Waals surface area contributed by atoms with E-state index in [4.69, 9.17) is 4.74 Å². The number of esters is 1. The molecule has 3 aromatic carbocycles. The summed E-state index contributed by atoms with van der Waals surface area (Å²) in [5.74, 6) is 0.00482. The second-order valence-electron chi connectivity index (χ2n) is 8.05. The third-order valence-corrected chi connectivity index (χ3v) is 6.13. The molecule has 1 aromatic heterocycles. The standard InChI is InChI=1S/C29H25NO2/c1-2-29(31)32-18-17-30-27-15-13-23(21-9-5-3-6-10-21)19-25(27)26-20-24(14-16-28(26)30)22-11-7-4-8-12-22/h2-11,13-16,19-20,22H,1,12,17-18H2. The lowest BCUT2D eigenvalue weighted by Crippen LogP contribution is -2.09. The molecule has 158 valence electrons. The first kappa shape index (κ1) is 20.1. The average molecular weight is 420 g/mol. The predicted molar refractivity (Wildman–Crippen MR) is 132 cm³/mol. The average Bonchev–Trinajstić information content (AvgIpc) is 3.17. The third kappa shape index (κ3) is 3.78. The van der Waals surface area contributed by atoms with E-state index >= 15 is 0 Å². The van der Waals surface area contributed by atoms with Gasteiger partial charge in [0.2, 0.25) is 0 Å². The van der Waals surface area contributed by atoms with Gasteiger partial charge in [-0.15, -0.1) is 0 Å². The van der Waals surface area contributed by atoms with Crippen LogP contribution in [0.4, 0.5) is 0 Å². The number of hydrogen-bond acceptors (Lipinski definition) is 2. The van der Waals surface area contributed by atoms with Crippen molar-refractivity contribution < 1.29 is 9.53 Å². The summed E-state index contributed by atoms with van der Waals surface area (Å²) in [6, 6.07) is 23.8. The maximum Gasteiger partial charge on any atom is 0.330 e. The minimum Gasteiger partial charge on any atom is -0.461 e. The number of ether oxygens (including phenoxy) is 1. The predicted octanol–water partition coefficient (Wildman–Crippen LogP) is 6.79. The Morgan fingerprint density at radius 3 is 2.50 bits per heavy atom. The number of carbonyl (C=O) groups is 1. The summed E-state index contributed by atoms with van der Waals surface area (Å²) in [7, 11) is 0. The van der Waals surface area contributed by atoms with Crippen molar-refractivity contribution in [1.82, 2.24) is 4.57 Å². The summed E-state index contributed by atoms with van der Waals surface area (Å²) in [6.45, 7) is 4.38. The van der Waals surface area contributed by atoms with E-state index in [-0.39, 0.29) is 0 Å². The summed E-state index contributed by atoms with van der Waals surface area (Å²) >= 11 is 0. The first-order chi connectivity index (χ1) is 15.7. The van der Waals surface area contributed by atoms with Crippen LogP contribution in [0, 0.1) is 0 Å². The molecule has 0 N–H and O–H groups in total. The van der Waals surface area contributed by atoms with E-state index in [9.17, 15) is 4.79 Å². The van der Waals surface area contributed by atoms with E-state index in [0.717, 1.165) is 17.5 Å². The Labute approximate surface area is 187 Å². The fourth-order valence-corrected chi connectivity index (χ4v) is 4.53. The van der Waals surface area contributed by atoms with E-state index in [1.54, 1.807) is 0 Å². The quantitative estimate of drug-likeness (QED) is 0.254. The molecule has 1 heterocycles. The number of allylic oxidation sites excluding steroid dienone is 4. The van der Waals surface area contributed by atoms with Crippen LogP contribution in [-0.4, -0.2) is 17.1 Å². The normalized spacial score (nSPS) is 15.3. The molecule has 0 aliphatic heterocycles. The van der Waals surface area contributed by atoms with Crippen LogP contribution in [0.2, 0.25) is 0 Å². The molecule has 0 amide bonds. The van der Waals surface area contributed by atoms with Crippen molar-refractivity contribution in [3.05, 3.63) is 109 Å². The zero-order chi connectivity index (χ0) is 21.9. The Balaban J connectivity index is 1.63. The highest BCUT2D eigenvalue weighted by Gasteiger charge is 2.15. The number of fused-ring (bicyclic) bond motifs is 3. The van der Waals surface area contributed by atoms with Gasteiger partial charge in [0.05, 0.1) is 6.54 Å². The van der Waals surface area contributed by atoms with E-state index in [1.165, 1.54) is 33.5 Å². The highest BCUT2D eigenvalue weighted by Crippen LogP contribution is 2.35. The lowest BCUT2D eigenvalue weighted by atomic mass is 9.91. The van der Waals surface area contributed by atoms with Gasteiger partial charge < -0.3 is 9.30 Å². The molecule has 32 heavy (non-hydrogen) atoms. The van der Waals surface area contributed by atoms with Crippen molar-refractivity contribution in [1.29, 1.82) is 0 Å². The molecule has 0 saturated heterocycles. The van der Waals surface area contributed by atoms with Crippen LogP contribution in [-0.2, 0) is 16.1 Å². The van der Waals surface area contributed by atoms with Crippen LogP contribution in [0.25, 0.3) is 32.9 Å². The van der Waals surface area contributed by atoms with Crippen LogP contribution in [0.3, 0.4) is 0 Å². The Bertz CT molecular complexity index is 1360. The van der Waals surface area contributed by atoms with E-state index < -0.39 is 5.97 Å². The molecule has 3 heteroatoms. The van der Waals surface area contributed by atoms with Crippen molar-refractivity contribution in [3.8, 4) is 11.1 Å². The van der Waals surface area contributed by atoms with E-state index in [2.05, 4.69) is 96.1 Å². The van der Waals surface area contributed by atoms with Gasteiger partial charge in [0.25, 0.3) is 0 Å². The molecular weight excluding hydrogens is 394 g/mol. The maximum atomic E-state index is 11.5. The van der Waals surface area contributed by atoms with Crippen LogP contribution < -0.4 is 0 Å². The molecule has 1 aliphatic carbocycles. The molecule has 4 aromatic rings. The number of nitrogens with zero attached hydrogens (tertiary/aromatic N) is 1. The first-order valence-electron chi connectivity index (χ1n) is 11.0. The van der Waals surface area contributed by atoms with Crippen molar-refractivity contribution in [2.45, 2.75) is 18.9 Å². The molecule has 0 spiro atoms. The van der Waals surface area contributed by atoms with Gasteiger partial charge in [-0.1, -0.05) is 73.3 Å². The molecule has 1 atom stereocenters. The smallest absolute Gasteiger partial charge is 0.330 e. The molecule has 3 nitrogen and oxygen atoms in total. The van der Waals surface area contributed by atoms with Gasteiger partial charge in [-0.2, -0.15) is 0 Å². The Kier molecular flexibility index (Phi) is 5.47. The molecule has 0 bridgehead atoms. The zero-order valence-corrected chi connectivity index (χ0v) is 17.9. The Morgan fingerprint density at radius 2 is 1.75 bits per heavy atom. The lowest BCUT2D eigenvalue weighted by Gasteiger charge is -2.14. The van der Waals surface area contributed by atoms with Crippen LogP contribution in [0.1, 0.15) is 17.9 Å².